The fraction of sp³-hybridized carbons (Fsp3) is 0.478. The van der Waals surface area contributed by atoms with E-state index in [-0.39, 0.29) is 17.6 Å². The molecule has 0 spiro atoms. The second-order valence-corrected chi connectivity index (χ2v) is 9.52. The number of anilines is 2. The van der Waals surface area contributed by atoms with Crippen molar-refractivity contribution in [3.63, 3.8) is 0 Å². The fourth-order valence-electron chi connectivity index (χ4n) is 5.16. The van der Waals surface area contributed by atoms with Gasteiger partial charge in [0.2, 0.25) is 5.95 Å². The Morgan fingerprint density at radius 1 is 1.24 bits per heavy atom. The van der Waals surface area contributed by atoms with Crippen molar-refractivity contribution in [1.29, 1.82) is 0 Å². The molecule has 3 aromatic heterocycles. The molecule has 3 N–H and O–H groups in total. The van der Waals surface area contributed by atoms with Crippen molar-refractivity contribution >= 4 is 17.7 Å². The van der Waals surface area contributed by atoms with Gasteiger partial charge in [0, 0.05) is 36.2 Å². The second kappa shape index (κ2) is 7.50. The van der Waals surface area contributed by atoms with Crippen LogP contribution in [0.25, 0.3) is 0 Å². The highest BCUT2D eigenvalue weighted by atomic mass is 16.2. The summed E-state index contributed by atoms with van der Waals surface area (Å²) in [4.78, 5) is 28.7. The summed E-state index contributed by atoms with van der Waals surface area (Å²) in [5.74, 6) is 2.79. The van der Waals surface area contributed by atoms with Crippen LogP contribution >= 0.6 is 0 Å². The van der Waals surface area contributed by atoms with Crippen LogP contribution in [-0.2, 0) is 13.0 Å². The van der Waals surface area contributed by atoms with E-state index < -0.39 is 0 Å². The molecule has 2 fully saturated rings. The molecule has 1 amide bonds. The van der Waals surface area contributed by atoms with E-state index in [1.165, 1.54) is 6.42 Å². The first-order chi connectivity index (χ1) is 15.9. The third kappa shape index (κ3) is 3.69. The molecule has 1 aliphatic heterocycles. The smallest absolute Gasteiger partial charge is 0.273 e. The predicted molar refractivity (Wildman–Crippen MR) is 122 cm³/mol. The number of carbonyl (C=O) groups is 1. The molecular formula is C23H27N9O. The summed E-state index contributed by atoms with van der Waals surface area (Å²) in [6.45, 7) is 6.50. The highest BCUT2D eigenvalue weighted by Gasteiger charge is 2.45. The van der Waals surface area contributed by atoms with Gasteiger partial charge < -0.3 is 16.0 Å². The maximum atomic E-state index is 12.8. The summed E-state index contributed by atoms with van der Waals surface area (Å²) in [7, 11) is 0. The van der Waals surface area contributed by atoms with Crippen LogP contribution in [-0.4, -0.2) is 48.9 Å². The van der Waals surface area contributed by atoms with Crippen molar-refractivity contribution in [2.45, 2.75) is 45.7 Å². The van der Waals surface area contributed by atoms with Gasteiger partial charge in [0.25, 0.3) is 5.91 Å². The molecule has 4 heterocycles. The zero-order chi connectivity index (χ0) is 22.7. The molecule has 3 aliphatic rings. The minimum absolute atomic E-state index is 0.0959. The summed E-state index contributed by atoms with van der Waals surface area (Å²) in [5, 5.41) is 11.3. The lowest BCUT2D eigenvalue weighted by Gasteiger charge is -2.18. The van der Waals surface area contributed by atoms with Gasteiger partial charge in [0.1, 0.15) is 5.82 Å². The van der Waals surface area contributed by atoms with Crippen molar-refractivity contribution in [1.82, 2.24) is 35.3 Å². The molecule has 0 radical (unpaired) electrons. The highest BCUT2D eigenvalue weighted by Crippen LogP contribution is 2.45. The van der Waals surface area contributed by atoms with E-state index in [0.717, 1.165) is 71.8 Å². The molecular weight excluding hydrogens is 418 g/mol. The summed E-state index contributed by atoms with van der Waals surface area (Å²) in [6, 6.07) is 1.90. The fourth-order valence-corrected chi connectivity index (χ4v) is 5.16. The molecule has 33 heavy (non-hydrogen) atoms. The van der Waals surface area contributed by atoms with Crippen LogP contribution in [0.2, 0.25) is 0 Å². The molecule has 1 saturated heterocycles. The summed E-state index contributed by atoms with van der Waals surface area (Å²) < 4.78 is 1.65. The Morgan fingerprint density at radius 3 is 2.85 bits per heavy atom. The standard InChI is InChI=1S/C23H27N9O/c1-12-5-18-17(21(24)26-12)3-4-19(18)28-22(33)20-11-32(30-29-20)10-16-7-25-23(27-13(16)2)31-8-14-6-15(14)9-31/h5,7,11,14-15,19H,3-4,6,8-10H2,1-2H3,(H2,24,26)(H,28,33). The van der Waals surface area contributed by atoms with E-state index in [0.29, 0.717) is 12.4 Å². The summed E-state index contributed by atoms with van der Waals surface area (Å²) in [5.41, 5.74) is 11.1. The molecule has 0 aromatic carbocycles. The number of pyridine rings is 1. The number of hydrogen-bond acceptors (Lipinski definition) is 8. The third-order valence-corrected chi connectivity index (χ3v) is 7.12. The molecule has 10 nitrogen and oxygen atoms in total. The Hall–Kier alpha value is -3.56. The van der Waals surface area contributed by atoms with Crippen LogP contribution in [0.4, 0.5) is 11.8 Å². The Morgan fingerprint density at radius 2 is 2.06 bits per heavy atom. The lowest BCUT2D eigenvalue weighted by atomic mass is 10.1. The van der Waals surface area contributed by atoms with Gasteiger partial charge in [0.05, 0.1) is 18.8 Å². The van der Waals surface area contributed by atoms with Gasteiger partial charge in [-0.2, -0.15) is 0 Å². The topological polar surface area (TPSA) is 128 Å². The van der Waals surface area contributed by atoms with Gasteiger partial charge in [0.15, 0.2) is 5.69 Å². The van der Waals surface area contributed by atoms with Crippen molar-refractivity contribution < 1.29 is 4.79 Å². The molecule has 3 unspecified atom stereocenters. The summed E-state index contributed by atoms with van der Waals surface area (Å²) in [6.07, 6.45) is 6.48. The van der Waals surface area contributed by atoms with Gasteiger partial charge in [-0.05, 0) is 62.1 Å². The van der Waals surface area contributed by atoms with Gasteiger partial charge in [-0.1, -0.05) is 5.21 Å². The largest absolute Gasteiger partial charge is 0.383 e. The maximum absolute atomic E-state index is 12.8. The van der Waals surface area contributed by atoms with Gasteiger partial charge in [-0.25, -0.2) is 19.6 Å². The van der Waals surface area contributed by atoms with Crippen LogP contribution in [0.15, 0.2) is 18.5 Å². The minimum atomic E-state index is -0.247. The quantitative estimate of drug-likeness (QED) is 0.606. The number of aromatic nitrogens is 6. The van der Waals surface area contributed by atoms with E-state index in [1.54, 1.807) is 10.9 Å². The van der Waals surface area contributed by atoms with E-state index in [9.17, 15) is 4.79 Å². The predicted octanol–water partition coefficient (Wildman–Crippen LogP) is 1.58. The summed E-state index contributed by atoms with van der Waals surface area (Å²) >= 11 is 0. The molecule has 3 aromatic rings. The van der Waals surface area contributed by atoms with Crippen molar-refractivity contribution in [2.75, 3.05) is 23.7 Å². The molecule has 1 saturated carbocycles. The van der Waals surface area contributed by atoms with Crippen LogP contribution in [0.3, 0.4) is 0 Å². The number of piperidine rings is 1. The molecule has 170 valence electrons. The number of aryl methyl sites for hydroxylation is 2. The Labute approximate surface area is 191 Å². The van der Waals surface area contributed by atoms with Crippen molar-refractivity contribution in [2.24, 2.45) is 11.8 Å². The SMILES string of the molecule is Cc1cc2c(c(N)n1)CCC2NC(=O)c1cn(Cc2cnc(N3CC4CC4C3)nc2C)nn1. The number of nitrogens with one attached hydrogen (secondary N) is 1. The van der Waals surface area contributed by atoms with Crippen molar-refractivity contribution in [3.8, 4) is 0 Å². The first-order valence-electron chi connectivity index (χ1n) is 11.5. The molecule has 6 rings (SSSR count). The van der Waals surface area contributed by atoms with Crippen LogP contribution in [0.1, 0.15) is 57.5 Å². The number of nitrogens with two attached hydrogens (primary N) is 1. The number of fused-ring (bicyclic) bond motifs is 2. The maximum Gasteiger partial charge on any atom is 0.273 e. The number of hydrogen-bond donors (Lipinski definition) is 2. The lowest BCUT2D eigenvalue weighted by Crippen LogP contribution is -2.27. The molecule has 0 bridgehead atoms. The van der Waals surface area contributed by atoms with E-state index in [2.05, 4.69) is 30.5 Å². The number of carbonyl (C=O) groups excluding carboxylic acids is 1. The Kier molecular flexibility index (Phi) is 4.56. The zero-order valence-corrected chi connectivity index (χ0v) is 18.8. The average Bonchev–Trinajstić information content (AvgIpc) is 3.16. The number of rotatable bonds is 5. The zero-order valence-electron chi connectivity index (χ0n) is 18.8. The number of amides is 1. The molecule has 10 heteroatoms. The van der Waals surface area contributed by atoms with Gasteiger partial charge in [-0.3, -0.25) is 4.79 Å². The number of nitrogens with zero attached hydrogens (tertiary/aromatic N) is 7. The highest BCUT2D eigenvalue weighted by molar-refractivity contribution is 5.92. The van der Waals surface area contributed by atoms with Gasteiger partial charge >= 0.3 is 0 Å². The molecule has 2 aliphatic carbocycles. The van der Waals surface area contributed by atoms with Crippen LogP contribution in [0.5, 0.6) is 0 Å². The normalized spacial score (nSPS) is 22.8. The Balaban J connectivity index is 1.12. The minimum Gasteiger partial charge on any atom is -0.383 e. The third-order valence-electron chi connectivity index (χ3n) is 7.12. The Bertz CT molecular complexity index is 1240. The van der Waals surface area contributed by atoms with E-state index >= 15 is 0 Å². The van der Waals surface area contributed by atoms with Crippen LogP contribution < -0.4 is 16.0 Å². The first-order valence-corrected chi connectivity index (χ1v) is 11.5. The first kappa shape index (κ1) is 20.1. The lowest BCUT2D eigenvalue weighted by molar-refractivity contribution is 0.0931. The number of nitrogen functional groups attached to an aromatic ring is 1. The van der Waals surface area contributed by atoms with Gasteiger partial charge in [-0.15, -0.1) is 5.10 Å². The second-order valence-electron chi connectivity index (χ2n) is 9.52. The average molecular weight is 446 g/mol. The van der Waals surface area contributed by atoms with Crippen molar-refractivity contribution in [3.05, 3.63) is 52.2 Å². The van der Waals surface area contributed by atoms with Crippen LogP contribution in [0, 0.1) is 25.7 Å². The van der Waals surface area contributed by atoms with E-state index in [4.69, 9.17) is 10.7 Å². The monoisotopic (exact) mass is 445 g/mol. The molecule has 3 atom stereocenters. The van der Waals surface area contributed by atoms with E-state index in [1.807, 2.05) is 26.1 Å².